The molecule has 2 atom stereocenters. The van der Waals surface area contributed by atoms with E-state index in [4.69, 9.17) is 11.6 Å². The van der Waals surface area contributed by atoms with Gasteiger partial charge in [-0.15, -0.1) is 0 Å². The molecule has 0 bridgehead atoms. The van der Waals surface area contributed by atoms with E-state index in [-0.39, 0.29) is 6.10 Å². The van der Waals surface area contributed by atoms with Gasteiger partial charge < -0.3 is 15.0 Å². The van der Waals surface area contributed by atoms with Gasteiger partial charge in [0.2, 0.25) is 0 Å². The molecule has 1 fully saturated rings. The van der Waals surface area contributed by atoms with Crippen molar-refractivity contribution in [3.8, 4) is 11.3 Å². The van der Waals surface area contributed by atoms with Crippen molar-refractivity contribution in [1.29, 1.82) is 0 Å². The summed E-state index contributed by atoms with van der Waals surface area (Å²) in [5.74, 6) is 1.29. The van der Waals surface area contributed by atoms with Crippen molar-refractivity contribution < 1.29 is 9.32 Å². The van der Waals surface area contributed by atoms with Gasteiger partial charge in [0, 0.05) is 41.5 Å². The second kappa shape index (κ2) is 7.02. The molecule has 1 aliphatic rings. The molecule has 4 rings (SSSR count). The zero-order valence-corrected chi connectivity index (χ0v) is 16.0. The van der Waals surface area contributed by atoms with Crippen molar-refractivity contribution in [2.75, 3.05) is 23.7 Å². The Bertz CT molecular complexity index is 988. The van der Waals surface area contributed by atoms with Gasteiger partial charge in [-0.1, -0.05) is 36.7 Å². The molecule has 3 aromatic rings. The SMILES string of the molecule is CC[S@@](=O)c1cnc(N2CCC(O)C2)c(-c2[nH]c3ccccc3c2Cl)c1. The third-order valence-electron chi connectivity index (χ3n) is 4.74. The number of hydrogen-bond donors (Lipinski definition) is 2. The summed E-state index contributed by atoms with van der Waals surface area (Å²) in [6.07, 6.45) is 2.02. The number of aliphatic hydroxyl groups excluding tert-OH is 1. The minimum Gasteiger partial charge on any atom is -0.391 e. The highest BCUT2D eigenvalue weighted by molar-refractivity contribution is 7.85. The maximum absolute atomic E-state index is 12.3. The molecule has 0 saturated carbocycles. The maximum Gasteiger partial charge on any atom is 0.138 e. The number of H-pyrrole nitrogens is 1. The number of fused-ring (bicyclic) bond motifs is 1. The molecule has 0 aliphatic carbocycles. The van der Waals surface area contributed by atoms with Gasteiger partial charge in [0.1, 0.15) is 5.82 Å². The van der Waals surface area contributed by atoms with Crippen molar-refractivity contribution in [3.63, 3.8) is 0 Å². The van der Waals surface area contributed by atoms with Gasteiger partial charge >= 0.3 is 0 Å². The minimum atomic E-state index is -1.10. The fourth-order valence-corrected chi connectivity index (χ4v) is 4.46. The van der Waals surface area contributed by atoms with Gasteiger partial charge in [-0.05, 0) is 18.6 Å². The molecular weight excluding hydrogens is 370 g/mol. The first-order valence-electron chi connectivity index (χ1n) is 8.66. The summed E-state index contributed by atoms with van der Waals surface area (Å²) in [6.45, 7) is 3.15. The number of benzene rings is 1. The van der Waals surface area contributed by atoms with E-state index in [1.54, 1.807) is 6.20 Å². The predicted octanol–water partition coefficient (Wildman–Crippen LogP) is 3.58. The van der Waals surface area contributed by atoms with Gasteiger partial charge in [-0.3, -0.25) is 4.21 Å². The Labute approximate surface area is 159 Å². The molecule has 1 aromatic carbocycles. The average Bonchev–Trinajstić information content (AvgIpc) is 3.24. The van der Waals surface area contributed by atoms with E-state index >= 15 is 0 Å². The van der Waals surface area contributed by atoms with Crippen LogP contribution in [0.3, 0.4) is 0 Å². The zero-order valence-electron chi connectivity index (χ0n) is 14.4. The number of rotatable bonds is 4. The lowest BCUT2D eigenvalue weighted by atomic mass is 10.1. The van der Waals surface area contributed by atoms with E-state index in [1.165, 1.54) is 0 Å². The van der Waals surface area contributed by atoms with Crippen LogP contribution in [0, 0.1) is 0 Å². The molecule has 1 saturated heterocycles. The third kappa shape index (κ3) is 3.02. The average molecular weight is 390 g/mol. The second-order valence-corrected chi connectivity index (χ2v) is 8.54. The largest absolute Gasteiger partial charge is 0.391 e. The minimum absolute atomic E-state index is 0.354. The molecule has 0 amide bonds. The Balaban J connectivity index is 1.91. The normalized spacial score (nSPS) is 18.6. The Morgan fingerprint density at radius 1 is 1.42 bits per heavy atom. The highest BCUT2D eigenvalue weighted by Gasteiger charge is 2.26. The molecule has 1 unspecified atom stereocenters. The van der Waals surface area contributed by atoms with Crippen LogP contribution in [0.5, 0.6) is 0 Å². The molecular formula is C19H20ClN3O2S. The zero-order chi connectivity index (χ0) is 18.3. The predicted molar refractivity (Wildman–Crippen MR) is 106 cm³/mol. The summed E-state index contributed by atoms with van der Waals surface area (Å²) in [7, 11) is -1.10. The number of para-hydroxylation sites is 1. The van der Waals surface area contributed by atoms with Gasteiger partial charge in [0.15, 0.2) is 0 Å². The standard InChI is InChI=1S/C19H20ClN3O2S/c1-2-26(25)13-9-15(19(21-10-13)23-8-7-12(24)11-23)18-17(20)14-5-3-4-6-16(14)22-18/h3-6,9-10,12,22,24H,2,7-8,11H2,1H3/t12?,26-/m1/s1. The van der Waals surface area contributed by atoms with Crippen LogP contribution < -0.4 is 4.90 Å². The van der Waals surface area contributed by atoms with Crippen molar-refractivity contribution in [1.82, 2.24) is 9.97 Å². The van der Waals surface area contributed by atoms with Crippen LogP contribution in [0.25, 0.3) is 22.2 Å². The van der Waals surface area contributed by atoms with Crippen LogP contribution in [-0.2, 0) is 10.8 Å². The molecule has 26 heavy (non-hydrogen) atoms. The molecule has 5 nitrogen and oxygen atoms in total. The van der Waals surface area contributed by atoms with E-state index in [9.17, 15) is 9.32 Å². The Kier molecular flexibility index (Phi) is 4.73. The lowest BCUT2D eigenvalue weighted by Crippen LogP contribution is -2.23. The molecule has 2 N–H and O–H groups in total. The Hall–Kier alpha value is -1.89. The molecule has 3 heterocycles. The first-order valence-corrected chi connectivity index (χ1v) is 10.4. The topological polar surface area (TPSA) is 69.2 Å². The van der Waals surface area contributed by atoms with Crippen LogP contribution in [0.4, 0.5) is 5.82 Å². The molecule has 1 aliphatic heterocycles. The Morgan fingerprint density at radius 3 is 2.92 bits per heavy atom. The number of aromatic nitrogens is 2. The summed E-state index contributed by atoms with van der Waals surface area (Å²) in [4.78, 5) is 10.7. The highest BCUT2D eigenvalue weighted by Crippen LogP contribution is 2.39. The number of pyridine rings is 1. The summed E-state index contributed by atoms with van der Waals surface area (Å²) in [5.41, 5.74) is 2.54. The number of halogens is 1. The van der Waals surface area contributed by atoms with Crippen molar-refractivity contribution in [2.24, 2.45) is 0 Å². The molecule has 136 valence electrons. The number of nitrogens with zero attached hydrogens (tertiary/aromatic N) is 2. The molecule has 7 heteroatoms. The number of hydrogen-bond acceptors (Lipinski definition) is 4. The summed E-state index contributed by atoms with van der Waals surface area (Å²) >= 11 is 6.66. The molecule has 0 radical (unpaired) electrons. The van der Waals surface area contributed by atoms with Gasteiger partial charge in [-0.2, -0.15) is 0 Å². The fraction of sp³-hybridized carbons (Fsp3) is 0.316. The highest BCUT2D eigenvalue weighted by atomic mass is 35.5. The number of aromatic amines is 1. The molecule has 0 spiro atoms. The number of β-amino-alcohol motifs (C(OH)–C–C–N with tert-alkyl or cyclic N) is 1. The number of nitrogens with one attached hydrogen (secondary N) is 1. The summed E-state index contributed by atoms with van der Waals surface area (Å²) < 4.78 is 12.3. The van der Waals surface area contributed by atoms with Crippen molar-refractivity contribution >= 4 is 39.1 Å². The molecule has 2 aromatic heterocycles. The van der Waals surface area contributed by atoms with Gasteiger partial charge in [-0.25, -0.2) is 4.98 Å². The second-order valence-electron chi connectivity index (χ2n) is 6.42. The Morgan fingerprint density at radius 2 is 2.23 bits per heavy atom. The summed E-state index contributed by atoms with van der Waals surface area (Å²) in [6, 6.07) is 9.76. The van der Waals surface area contributed by atoms with E-state index < -0.39 is 10.8 Å². The third-order valence-corrected chi connectivity index (χ3v) is 6.41. The number of anilines is 1. The van der Waals surface area contributed by atoms with Crippen LogP contribution in [-0.4, -0.2) is 44.2 Å². The van der Waals surface area contributed by atoms with Gasteiger partial charge in [0.05, 0.1) is 32.5 Å². The quantitative estimate of drug-likeness (QED) is 0.715. The monoisotopic (exact) mass is 389 g/mol. The van der Waals surface area contributed by atoms with Crippen LogP contribution in [0.15, 0.2) is 41.4 Å². The first kappa shape index (κ1) is 17.5. The maximum atomic E-state index is 12.3. The van der Waals surface area contributed by atoms with Crippen LogP contribution >= 0.6 is 11.6 Å². The van der Waals surface area contributed by atoms with E-state index in [2.05, 4.69) is 14.9 Å². The number of aliphatic hydroxyl groups is 1. The smallest absolute Gasteiger partial charge is 0.138 e. The first-order chi connectivity index (χ1) is 12.6. The van der Waals surface area contributed by atoms with E-state index in [0.717, 1.165) is 34.5 Å². The lowest BCUT2D eigenvalue weighted by molar-refractivity contribution is 0.198. The fourth-order valence-electron chi connectivity index (χ4n) is 3.39. The van der Waals surface area contributed by atoms with Crippen LogP contribution in [0.1, 0.15) is 13.3 Å². The van der Waals surface area contributed by atoms with Crippen LogP contribution in [0.2, 0.25) is 5.02 Å². The van der Waals surface area contributed by atoms with E-state index in [0.29, 0.717) is 28.6 Å². The van der Waals surface area contributed by atoms with Crippen molar-refractivity contribution in [3.05, 3.63) is 41.6 Å². The van der Waals surface area contributed by atoms with Gasteiger partial charge in [0.25, 0.3) is 0 Å². The summed E-state index contributed by atoms with van der Waals surface area (Å²) in [5, 5.41) is 11.5. The van der Waals surface area contributed by atoms with Crippen molar-refractivity contribution in [2.45, 2.75) is 24.3 Å². The van der Waals surface area contributed by atoms with E-state index in [1.807, 2.05) is 37.3 Å². The lowest BCUT2D eigenvalue weighted by Gasteiger charge is -2.20.